The second-order valence-corrected chi connectivity index (χ2v) is 20.2. The van der Waals surface area contributed by atoms with Gasteiger partial charge in [-0.2, -0.15) is 0 Å². The van der Waals surface area contributed by atoms with Crippen LogP contribution in [0.1, 0.15) is 166 Å². The minimum atomic E-state index is -0.777. The molecule has 0 radical (unpaired) electrons. The number of esters is 1. The highest BCUT2D eigenvalue weighted by Gasteiger charge is 2.70. The van der Waals surface area contributed by atoms with Crippen molar-refractivity contribution in [2.45, 2.75) is 182 Å². The van der Waals surface area contributed by atoms with Gasteiger partial charge in [0, 0.05) is 12.1 Å². The van der Waals surface area contributed by atoms with Crippen molar-refractivity contribution in [3.05, 3.63) is 23.8 Å². The van der Waals surface area contributed by atoms with Crippen LogP contribution in [-0.4, -0.2) is 29.3 Å². The van der Waals surface area contributed by atoms with E-state index >= 15 is 0 Å². The summed E-state index contributed by atoms with van der Waals surface area (Å²) in [6.07, 6.45) is 19.9. The summed E-state index contributed by atoms with van der Waals surface area (Å²) in [5.41, 5.74) is 10.4. The fraction of sp³-hybridized carbons (Fsp3) is 0.886. The number of ether oxygens (including phenoxy) is 2. The van der Waals surface area contributed by atoms with E-state index in [1.165, 1.54) is 69.8 Å². The predicted octanol–water partition coefficient (Wildman–Crippen LogP) is 11.0. The minimum Gasteiger partial charge on any atom is -0.458 e. The van der Waals surface area contributed by atoms with Gasteiger partial charge in [0.25, 0.3) is 0 Å². The highest BCUT2D eigenvalue weighted by Crippen LogP contribution is 2.76. The van der Waals surface area contributed by atoms with Crippen molar-refractivity contribution in [3.8, 4) is 0 Å². The highest BCUT2D eigenvalue weighted by molar-refractivity contribution is 5.80. The molecule has 0 aromatic carbocycles. The Balaban J connectivity index is 1.19. The summed E-state index contributed by atoms with van der Waals surface area (Å²) >= 11 is 0. The lowest BCUT2D eigenvalue weighted by Crippen LogP contribution is -2.67. The average molecular weight is 664 g/mol. The third kappa shape index (κ3) is 5.45. The molecule has 0 aromatic heterocycles. The average Bonchev–Trinajstić information content (AvgIpc) is 3.37. The highest BCUT2D eigenvalue weighted by atomic mass is 16.6. The second kappa shape index (κ2) is 12.2. The molecular weight excluding hydrogens is 590 g/mol. The molecule has 0 aliphatic heterocycles. The van der Waals surface area contributed by atoms with E-state index in [0.717, 1.165) is 43.9 Å². The van der Waals surface area contributed by atoms with Gasteiger partial charge >= 0.3 is 5.97 Å². The van der Waals surface area contributed by atoms with Gasteiger partial charge in [-0.05, 0) is 181 Å². The number of hydrogen-bond donors (Lipinski definition) is 1. The largest absolute Gasteiger partial charge is 0.458 e. The maximum absolute atomic E-state index is 13.5. The molecule has 272 valence electrons. The van der Waals surface area contributed by atoms with Crippen molar-refractivity contribution in [1.82, 2.24) is 0 Å². The zero-order chi connectivity index (χ0) is 35.1. The third-order valence-corrected chi connectivity index (χ3v) is 17.3. The van der Waals surface area contributed by atoms with E-state index in [-0.39, 0.29) is 16.9 Å². The molecule has 0 amide bonds. The molecule has 5 saturated carbocycles. The van der Waals surface area contributed by atoms with Crippen LogP contribution < -0.4 is 5.73 Å². The number of fused-ring (bicyclic) bond motifs is 7. The first-order valence-corrected chi connectivity index (χ1v) is 20.3. The molecule has 0 spiro atoms. The van der Waals surface area contributed by atoms with Crippen LogP contribution in [0, 0.1) is 57.2 Å². The molecule has 2 N–H and O–H groups in total. The van der Waals surface area contributed by atoms with Crippen molar-refractivity contribution in [2.24, 2.45) is 62.9 Å². The molecule has 6 aliphatic rings. The van der Waals surface area contributed by atoms with Crippen molar-refractivity contribution in [2.75, 3.05) is 6.61 Å². The van der Waals surface area contributed by atoms with Gasteiger partial charge in [-0.15, -0.1) is 0 Å². The van der Waals surface area contributed by atoms with E-state index in [1.807, 2.05) is 20.8 Å². The first kappa shape index (κ1) is 36.7. The molecule has 5 fully saturated rings. The quantitative estimate of drug-likeness (QED) is 0.207. The zero-order valence-corrected chi connectivity index (χ0v) is 32.9. The summed E-state index contributed by atoms with van der Waals surface area (Å²) < 4.78 is 12.3. The summed E-state index contributed by atoms with van der Waals surface area (Å²) in [6, 6.07) is 0. The van der Waals surface area contributed by atoms with Gasteiger partial charge in [0.05, 0.1) is 0 Å². The summed E-state index contributed by atoms with van der Waals surface area (Å²) in [6.45, 7) is 28.8. The maximum atomic E-state index is 13.5. The number of carbonyl (C=O) groups excluding carboxylic acids is 1. The predicted molar refractivity (Wildman–Crippen MR) is 198 cm³/mol. The number of rotatable bonds is 8. The van der Waals surface area contributed by atoms with Crippen LogP contribution in [-0.2, 0) is 14.3 Å². The molecule has 48 heavy (non-hydrogen) atoms. The van der Waals surface area contributed by atoms with Crippen LogP contribution in [0.4, 0.5) is 0 Å². The van der Waals surface area contributed by atoms with Crippen molar-refractivity contribution in [1.29, 1.82) is 0 Å². The summed E-state index contributed by atoms with van der Waals surface area (Å²) in [5.74, 6) is 3.89. The molecule has 0 aromatic rings. The minimum absolute atomic E-state index is 0.0242. The summed E-state index contributed by atoms with van der Waals surface area (Å²) in [5, 5.41) is 0. The van der Waals surface area contributed by atoms with Gasteiger partial charge in [-0.1, -0.05) is 65.3 Å². The second-order valence-electron chi connectivity index (χ2n) is 20.2. The molecule has 0 bridgehead atoms. The molecule has 0 unspecified atom stereocenters. The van der Waals surface area contributed by atoms with Crippen molar-refractivity contribution in [3.63, 3.8) is 0 Å². The number of carbonyl (C=O) groups is 1. The van der Waals surface area contributed by atoms with Gasteiger partial charge < -0.3 is 15.2 Å². The van der Waals surface area contributed by atoms with E-state index < -0.39 is 11.2 Å². The lowest BCUT2D eigenvalue weighted by molar-refractivity contribution is -0.219. The van der Waals surface area contributed by atoms with Crippen LogP contribution in [0.5, 0.6) is 0 Å². The van der Waals surface area contributed by atoms with Crippen LogP contribution in [0.2, 0.25) is 0 Å². The number of nitrogens with two attached hydrogens (primary N) is 1. The Bertz CT molecular complexity index is 1290. The number of hydrogen-bond acceptors (Lipinski definition) is 4. The van der Waals surface area contributed by atoms with Crippen molar-refractivity contribution < 1.29 is 14.3 Å². The van der Waals surface area contributed by atoms with E-state index in [9.17, 15) is 4.79 Å². The molecule has 0 saturated heterocycles. The van der Waals surface area contributed by atoms with E-state index in [2.05, 4.69) is 61.1 Å². The Morgan fingerprint density at radius 1 is 0.896 bits per heavy atom. The van der Waals surface area contributed by atoms with Gasteiger partial charge in [-0.3, -0.25) is 0 Å². The van der Waals surface area contributed by atoms with Crippen LogP contribution >= 0.6 is 0 Å². The smallest absolute Gasteiger partial charge is 0.338 e. The van der Waals surface area contributed by atoms with E-state index in [1.54, 1.807) is 5.57 Å². The zero-order valence-electron chi connectivity index (χ0n) is 32.9. The molecule has 0 heterocycles. The van der Waals surface area contributed by atoms with Crippen molar-refractivity contribution >= 4 is 5.97 Å². The molecule has 9 atom stereocenters. The Morgan fingerprint density at radius 3 is 2.21 bits per heavy atom. The first-order chi connectivity index (χ1) is 22.3. The lowest BCUT2D eigenvalue weighted by Gasteiger charge is -2.72. The standard InChI is InChI=1S/C44H73NO3/c1-12-38(5,6)48-37(46)44(47-13-2)24-16-30(17-25-44)28-31-18-21-40(9)34(39(31,7)8)20-22-42(11)35(40)15-14-33-36-32(29(3)4)19-23-43(36,45)27-26-41(33,42)10/h18,30,32-36H,3,12-17,19-28,45H2,1-2,4-11H3/t30?,32-,33+,34-,35+,36+,40-,41+,42+,43-,44?/m0/s1. The molecule has 6 aliphatic carbocycles. The summed E-state index contributed by atoms with van der Waals surface area (Å²) in [4.78, 5) is 13.5. The lowest BCUT2D eigenvalue weighted by atomic mass is 9.33. The Labute approximate surface area is 295 Å². The maximum Gasteiger partial charge on any atom is 0.338 e. The SMILES string of the molecule is C=C(C)[C@@H]1CC[C@]2(N)CC[C@]3(C)[C@H](CC[C@@H]4[C@@]5(C)CC=C(CC6CCC(OCC)(C(=O)OC(C)(C)CC)CC6)C(C)(C)[C@@H]5CC[C@]43C)[C@@H]12. The van der Waals surface area contributed by atoms with Crippen LogP contribution in [0.3, 0.4) is 0 Å². The van der Waals surface area contributed by atoms with Gasteiger partial charge in [0.1, 0.15) is 5.60 Å². The van der Waals surface area contributed by atoms with Gasteiger partial charge in [0.15, 0.2) is 5.60 Å². The molecule has 4 nitrogen and oxygen atoms in total. The molecule has 4 heteroatoms. The van der Waals surface area contributed by atoms with E-state index in [0.29, 0.717) is 46.5 Å². The Hall–Kier alpha value is -1.13. The normalized spacial score (nSPS) is 46.8. The topological polar surface area (TPSA) is 61.5 Å². The van der Waals surface area contributed by atoms with E-state index in [4.69, 9.17) is 15.2 Å². The Morgan fingerprint density at radius 2 is 1.58 bits per heavy atom. The van der Waals surface area contributed by atoms with Gasteiger partial charge in [-0.25, -0.2) is 4.79 Å². The number of allylic oxidation sites excluding steroid dienone is 3. The first-order valence-electron chi connectivity index (χ1n) is 20.3. The Kier molecular flexibility index (Phi) is 9.35. The molecule has 6 rings (SSSR count). The fourth-order valence-electron chi connectivity index (χ4n) is 14.0. The fourth-order valence-corrected chi connectivity index (χ4v) is 14.0. The van der Waals surface area contributed by atoms with Crippen LogP contribution in [0.25, 0.3) is 0 Å². The van der Waals surface area contributed by atoms with Crippen LogP contribution in [0.15, 0.2) is 23.8 Å². The third-order valence-electron chi connectivity index (χ3n) is 17.3. The summed E-state index contributed by atoms with van der Waals surface area (Å²) in [7, 11) is 0. The monoisotopic (exact) mass is 664 g/mol. The molecular formula is C44H73NO3. The van der Waals surface area contributed by atoms with Gasteiger partial charge in [0.2, 0.25) is 0 Å².